The molecule has 4 rings (SSSR count). The Hall–Kier alpha value is -3.60. The largest absolute Gasteiger partial charge is 0.502 e. The lowest BCUT2D eigenvalue weighted by atomic mass is 10.1. The van der Waals surface area contributed by atoms with Gasteiger partial charge in [0.25, 0.3) is 0 Å². The molecule has 1 aromatic carbocycles. The number of methoxy groups -OCH3 is 2. The van der Waals surface area contributed by atoms with Crippen LogP contribution in [0.2, 0.25) is 0 Å². The number of amides is 1. The summed E-state index contributed by atoms with van der Waals surface area (Å²) < 4.78 is 12.5. The van der Waals surface area contributed by atoms with Crippen LogP contribution < -0.4 is 15.2 Å². The molecule has 3 heterocycles. The molecule has 1 aliphatic rings. The van der Waals surface area contributed by atoms with E-state index >= 15 is 0 Å². The first kappa shape index (κ1) is 25.5. The maximum atomic E-state index is 11.9. The van der Waals surface area contributed by atoms with Crippen LogP contribution in [0.5, 0.6) is 17.2 Å². The molecular weight excluding hydrogens is 462 g/mol. The number of rotatable bonds is 10. The average molecular weight is 498 g/mol. The number of nitrogens with zero attached hydrogens (tertiary/aromatic N) is 6. The molecule has 36 heavy (non-hydrogen) atoms. The third-order valence-electron chi connectivity index (χ3n) is 6.68. The number of nitrogen functional groups attached to an aromatic ring is 1. The summed E-state index contributed by atoms with van der Waals surface area (Å²) in [4.78, 5) is 24.9. The van der Waals surface area contributed by atoms with Crippen molar-refractivity contribution in [3.05, 3.63) is 18.5 Å². The van der Waals surface area contributed by atoms with E-state index in [1.165, 1.54) is 20.5 Å². The third-order valence-corrected chi connectivity index (χ3v) is 6.68. The molecule has 0 bridgehead atoms. The van der Waals surface area contributed by atoms with Crippen LogP contribution in [0.25, 0.3) is 22.3 Å². The van der Waals surface area contributed by atoms with Crippen LogP contribution in [0.1, 0.15) is 32.6 Å². The molecule has 3 N–H and O–H groups in total. The average Bonchev–Trinajstić information content (AvgIpc) is 3.28. The number of unbranched alkanes of at least 4 members (excludes halogenated alkanes) is 2. The van der Waals surface area contributed by atoms with Crippen molar-refractivity contribution in [2.45, 2.75) is 39.2 Å². The summed E-state index contributed by atoms with van der Waals surface area (Å²) in [5.41, 5.74) is 8.19. The Morgan fingerprint density at radius 3 is 2.33 bits per heavy atom. The molecule has 0 saturated carbocycles. The number of phenols is 1. The van der Waals surface area contributed by atoms with Crippen molar-refractivity contribution in [3.63, 3.8) is 0 Å². The number of hydrogen-bond acceptors (Lipinski definition) is 9. The Kier molecular flexibility index (Phi) is 8.09. The van der Waals surface area contributed by atoms with E-state index in [-0.39, 0.29) is 23.2 Å². The van der Waals surface area contributed by atoms with Crippen molar-refractivity contribution in [2.75, 3.05) is 52.7 Å². The number of piperazine rings is 1. The lowest BCUT2D eigenvalue weighted by molar-refractivity contribution is -0.132. The number of carbonyl (C=O) groups is 1. The van der Waals surface area contributed by atoms with Gasteiger partial charge in [-0.1, -0.05) is 13.3 Å². The molecular formula is C25H35N7O4. The summed E-state index contributed by atoms with van der Waals surface area (Å²) in [5, 5.41) is 15.8. The van der Waals surface area contributed by atoms with E-state index in [1.807, 2.05) is 16.5 Å². The second-order valence-electron chi connectivity index (χ2n) is 8.90. The fourth-order valence-electron chi connectivity index (χ4n) is 4.64. The van der Waals surface area contributed by atoms with Gasteiger partial charge in [-0.05, 0) is 31.5 Å². The Bertz CT molecular complexity index is 1180. The third kappa shape index (κ3) is 5.30. The van der Waals surface area contributed by atoms with E-state index in [9.17, 15) is 9.90 Å². The molecule has 1 fully saturated rings. The monoisotopic (exact) mass is 497 g/mol. The summed E-state index contributed by atoms with van der Waals surface area (Å²) in [6.07, 6.45) is 5.09. The number of aryl methyl sites for hydroxylation is 1. The van der Waals surface area contributed by atoms with Crippen LogP contribution in [0, 0.1) is 0 Å². The van der Waals surface area contributed by atoms with Gasteiger partial charge in [0.2, 0.25) is 11.7 Å². The maximum Gasteiger partial charge on any atom is 0.222 e. The zero-order valence-electron chi connectivity index (χ0n) is 21.2. The summed E-state index contributed by atoms with van der Waals surface area (Å²) in [7, 11) is 2.97. The Labute approximate surface area is 210 Å². The second kappa shape index (κ2) is 11.4. The van der Waals surface area contributed by atoms with Crippen molar-refractivity contribution >= 4 is 22.8 Å². The van der Waals surface area contributed by atoms with Crippen LogP contribution in [0.15, 0.2) is 18.5 Å². The SMILES string of the molecule is CCC(=O)N1CCN(CCCCCn2nc(-c3cc(OC)c(O)c(OC)c3)c3c(N)ncnc32)CC1. The van der Waals surface area contributed by atoms with Crippen molar-refractivity contribution < 1.29 is 19.4 Å². The summed E-state index contributed by atoms with van der Waals surface area (Å²) in [6.45, 7) is 7.16. The minimum absolute atomic E-state index is 0.0740. The Balaban J connectivity index is 1.42. The number of fused-ring (bicyclic) bond motifs is 1. The Morgan fingerprint density at radius 1 is 1.03 bits per heavy atom. The van der Waals surface area contributed by atoms with E-state index in [2.05, 4.69) is 14.9 Å². The highest BCUT2D eigenvalue weighted by atomic mass is 16.5. The van der Waals surface area contributed by atoms with Gasteiger partial charge in [-0.15, -0.1) is 0 Å². The van der Waals surface area contributed by atoms with Crippen molar-refractivity contribution in [2.24, 2.45) is 0 Å². The first-order valence-electron chi connectivity index (χ1n) is 12.4. The fourth-order valence-corrected chi connectivity index (χ4v) is 4.64. The van der Waals surface area contributed by atoms with Crippen LogP contribution >= 0.6 is 0 Å². The van der Waals surface area contributed by atoms with Gasteiger partial charge in [0.15, 0.2) is 17.1 Å². The number of hydrogen-bond donors (Lipinski definition) is 2. The van der Waals surface area contributed by atoms with Gasteiger partial charge in [0.05, 0.1) is 19.6 Å². The minimum atomic E-state index is -0.0740. The lowest BCUT2D eigenvalue weighted by Crippen LogP contribution is -2.48. The van der Waals surface area contributed by atoms with Crippen molar-refractivity contribution in [1.29, 1.82) is 0 Å². The first-order valence-corrected chi connectivity index (χ1v) is 12.4. The van der Waals surface area contributed by atoms with Crippen LogP contribution in [-0.4, -0.2) is 87.5 Å². The van der Waals surface area contributed by atoms with Gasteiger partial charge in [-0.25, -0.2) is 14.6 Å². The quantitative estimate of drug-likeness (QED) is 0.406. The first-order chi connectivity index (χ1) is 17.5. The molecule has 0 aliphatic carbocycles. The molecule has 1 amide bonds. The van der Waals surface area contributed by atoms with Gasteiger partial charge in [-0.2, -0.15) is 5.10 Å². The molecule has 3 aromatic rings. The standard InChI is InChI=1S/C25H35N7O4/c1-4-20(33)31-12-10-30(11-13-31)8-6-5-7-9-32-25-21(24(26)27-16-28-25)22(29-32)17-14-18(35-2)23(34)19(15-17)36-3/h14-16,34H,4-13H2,1-3H3,(H2,26,27,28). The molecule has 0 spiro atoms. The highest BCUT2D eigenvalue weighted by Gasteiger charge is 2.21. The zero-order valence-corrected chi connectivity index (χ0v) is 21.2. The molecule has 0 unspecified atom stereocenters. The summed E-state index contributed by atoms with van der Waals surface area (Å²) in [5.74, 6) is 1.07. The Morgan fingerprint density at radius 2 is 1.69 bits per heavy atom. The fraction of sp³-hybridized carbons (Fsp3) is 0.520. The van der Waals surface area contributed by atoms with Gasteiger partial charge >= 0.3 is 0 Å². The number of carbonyl (C=O) groups excluding carboxylic acids is 1. The molecule has 1 aliphatic heterocycles. The number of nitrogens with two attached hydrogens (primary N) is 1. The van der Waals surface area contributed by atoms with Gasteiger partial charge in [0.1, 0.15) is 17.8 Å². The minimum Gasteiger partial charge on any atom is -0.502 e. The zero-order chi connectivity index (χ0) is 25.7. The number of aromatic hydroxyl groups is 1. The molecule has 11 heteroatoms. The van der Waals surface area contributed by atoms with Gasteiger partial charge < -0.3 is 25.2 Å². The molecule has 1 saturated heterocycles. The number of aromatic nitrogens is 4. The summed E-state index contributed by atoms with van der Waals surface area (Å²) in [6, 6.07) is 3.40. The van der Waals surface area contributed by atoms with Crippen molar-refractivity contribution in [3.8, 4) is 28.5 Å². The van der Waals surface area contributed by atoms with Gasteiger partial charge in [-0.3, -0.25) is 9.69 Å². The molecule has 0 radical (unpaired) electrons. The number of ether oxygens (including phenoxy) is 2. The van der Waals surface area contributed by atoms with Crippen molar-refractivity contribution in [1.82, 2.24) is 29.5 Å². The lowest BCUT2D eigenvalue weighted by Gasteiger charge is -2.34. The topological polar surface area (TPSA) is 132 Å². The van der Waals surface area contributed by atoms with E-state index in [1.54, 1.807) is 12.1 Å². The molecule has 2 aromatic heterocycles. The molecule has 194 valence electrons. The number of benzene rings is 1. The van der Waals surface area contributed by atoms with Crippen LogP contribution in [-0.2, 0) is 11.3 Å². The van der Waals surface area contributed by atoms with E-state index in [0.717, 1.165) is 52.0 Å². The van der Waals surface area contributed by atoms with E-state index in [4.69, 9.17) is 20.3 Å². The predicted octanol–water partition coefficient (Wildman–Crippen LogP) is 2.52. The van der Waals surface area contributed by atoms with Crippen LogP contribution in [0.4, 0.5) is 5.82 Å². The highest BCUT2D eigenvalue weighted by molar-refractivity contribution is 5.98. The molecule has 0 atom stereocenters. The number of anilines is 1. The van der Waals surface area contributed by atoms with Gasteiger partial charge in [0, 0.05) is 44.7 Å². The van der Waals surface area contributed by atoms with E-state index in [0.29, 0.717) is 41.1 Å². The maximum absolute atomic E-state index is 11.9. The number of phenolic OH excluding ortho intramolecular Hbond substituents is 1. The van der Waals surface area contributed by atoms with Crippen LogP contribution in [0.3, 0.4) is 0 Å². The predicted molar refractivity (Wildman–Crippen MR) is 137 cm³/mol. The highest BCUT2D eigenvalue weighted by Crippen LogP contribution is 2.42. The summed E-state index contributed by atoms with van der Waals surface area (Å²) >= 11 is 0. The smallest absolute Gasteiger partial charge is 0.222 e. The normalized spacial score (nSPS) is 14.4. The molecule has 11 nitrogen and oxygen atoms in total. The van der Waals surface area contributed by atoms with E-state index < -0.39 is 0 Å². The second-order valence-corrected chi connectivity index (χ2v) is 8.90.